The van der Waals surface area contributed by atoms with Crippen molar-refractivity contribution in [3.05, 3.63) is 11.9 Å². The van der Waals surface area contributed by atoms with Gasteiger partial charge in [-0.1, -0.05) is 5.21 Å². The van der Waals surface area contributed by atoms with Gasteiger partial charge in [-0.2, -0.15) is 0 Å². The molecule has 1 rings (SSSR count). The first kappa shape index (κ1) is 10.1. The summed E-state index contributed by atoms with van der Waals surface area (Å²) < 4.78 is 22.9. The van der Waals surface area contributed by atoms with Crippen LogP contribution in [0, 0.1) is 0 Å². The topological polar surface area (TPSA) is 90.9 Å². The zero-order chi connectivity index (χ0) is 10.1. The van der Waals surface area contributed by atoms with Gasteiger partial charge in [-0.05, 0) is 13.8 Å². The molecular formula is C6H12N4O2S. The predicted octanol–water partition coefficient (Wildman–Crippen LogP) is -0.352. The van der Waals surface area contributed by atoms with Crippen molar-refractivity contribution >= 4 is 10.0 Å². The van der Waals surface area contributed by atoms with Crippen molar-refractivity contribution in [1.29, 1.82) is 0 Å². The number of nitrogens with zero attached hydrogens (tertiary/aromatic N) is 3. The predicted molar refractivity (Wildman–Crippen MR) is 47.2 cm³/mol. The summed E-state index contributed by atoms with van der Waals surface area (Å²) in [5.74, 6) is -0.264. The Balaban J connectivity index is 2.81. The van der Waals surface area contributed by atoms with E-state index in [2.05, 4.69) is 10.3 Å². The van der Waals surface area contributed by atoms with E-state index in [-0.39, 0.29) is 11.8 Å². The zero-order valence-electron chi connectivity index (χ0n) is 7.51. The molecule has 0 aliphatic carbocycles. The van der Waals surface area contributed by atoms with E-state index < -0.39 is 10.0 Å². The minimum Gasteiger partial charge on any atom is -0.250 e. The molecule has 6 nitrogen and oxygen atoms in total. The van der Waals surface area contributed by atoms with Gasteiger partial charge in [0.15, 0.2) is 0 Å². The standard InChI is InChI=1S/C6H12N4O2S/c1-5(2)10-3-6(8-9-10)4-13(7,11)12/h3,5H,4H2,1-2H3,(H2,7,11,12). The van der Waals surface area contributed by atoms with Gasteiger partial charge in [0.25, 0.3) is 0 Å². The fraction of sp³-hybridized carbons (Fsp3) is 0.667. The van der Waals surface area contributed by atoms with Crippen molar-refractivity contribution in [2.45, 2.75) is 25.6 Å². The van der Waals surface area contributed by atoms with Crippen molar-refractivity contribution in [2.24, 2.45) is 5.14 Å². The molecule has 0 atom stereocenters. The first-order valence-corrected chi connectivity index (χ1v) is 5.51. The van der Waals surface area contributed by atoms with Crippen molar-refractivity contribution in [2.75, 3.05) is 0 Å². The summed E-state index contributed by atoms with van der Waals surface area (Å²) in [4.78, 5) is 0. The molecule has 7 heteroatoms. The molecule has 0 unspecified atom stereocenters. The van der Waals surface area contributed by atoms with Gasteiger partial charge in [-0.15, -0.1) is 5.10 Å². The molecule has 1 aromatic rings. The van der Waals surface area contributed by atoms with Crippen LogP contribution in [0.25, 0.3) is 0 Å². The number of hydrogen-bond donors (Lipinski definition) is 1. The number of hydrogen-bond acceptors (Lipinski definition) is 4. The summed E-state index contributed by atoms with van der Waals surface area (Å²) in [5, 5.41) is 12.3. The van der Waals surface area contributed by atoms with E-state index in [4.69, 9.17) is 5.14 Å². The first-order valence-electron chi connectivity index (χ1n) is 3.79. The Kier molecular flexibility index (Phi) is 2.67. The Labute approximate surface area is 76.8 Å². The zero-order valence-corrected chi connectivity index (χ0v) is 8.32. The highest BCUT2D eigenvalue weighted by atomic mass is 32.2. The second-order valence-electron chi connectivity index (χ2n) is 3.09. The molecule has 2 N–H and O–H groups in total. The van der Waals surface area contributed by atoms with E-state index in [1.54, 1.807) is 10.9 Å². The van der Waals surface area contributed by atoms with Crippen molar-refractivity contribution in [1.82, 2.24) is 15.0 Å². The second kappa shape index (κ2) is 3.43. The first-order chi connectivity index (χ1) is 5.88. The van der Waals surface area contributed by atoms with E-state index in [0.29, 0.717) is 5.69 Å². The van der Waals surface area contributed by atoms with Crippen molar-refractivity contribution in [3.63, 3.8) is 0 Å². The van der Waals surface area contributed by atoms with Gasteiger partial charge >= 0.3 is 0 Å². The smallest absolute Gasteiger partial charge is 0.214 e. The third-order valence-electron chi connectivity index (χ3n) is 1.44. The van der Waals surface area contributed by atoms with Gasteiger partial charge in [0.05, 0.1) is 5.69 Å². The molecule has 0 aliphatic heterocycles. The van der Waals surface area contributed by atoms with Gasteiger partial charge in [-0.25, -0.2) is 18.2 Å². The molecule has 74 valence electrons. The molecule has 0 amide bonds. The van der Waals surface area contributed by atoms with Crippen molar-refractivity contribution < 1.29 is 8.42 Å². The highest BCUT2D eigenvalue weighted by Crippen LogP contribution is 2.04. The lowest BCUT2D eigenvalue weighted by molar-refractivity contribution is 0.514. The van der Waals surface area contributed by atoms with Crippen LogP contribution < -0.4 is 5.14 Å². The van der Waals surface area contributed by atoms with Crippen LogP contribution in [0.15, 0.2) is 6.20 Å². The third kappa shape index (κ3) is 3.11. The Morgan fingerprint density at radius 2 is 2.23 bits per heavy atom. The SMILES string of the molecule is CC(C)n1cc(CS(N)(=O)=O)nn1. The highest BCUT2D eigenvalue weighted by Gasteiger charge is 2.09. The minimum absolute atomic E-state index is 0.168. The third-order valence-corrected chi connectivity index (χ3v) is 2.13. The molecule has 1 heterocycles. The van der Waals surface area contributed by atoms with E-state index in [1.165, 1.54) is 0 Å². The van der Waals surface area contributed by atoms with Crippen LogP contribution in [0.2, 0.25) is 0 Å². The summed E-state index contributed by atoms with van der Waals surface area (Å²) in [6.07, 6.45) is 1.58. The summed E-state index contributed by atoms with van der Waals surface area (Å²) in [6, 6.07) is 0.168. The van der Waals surface area contributed by atoms with Crippen molar-refractivity contribution in [3.8, 4) is 0 Å². The maximum absolute atomic E-state index is 10.7. The maximum atomic E-state index is 10.7. The molecule has 1 aromatic heterocycles. The summed E-state index contributed by atoms with van der Waals surface area (Å²) in [7, 11) is -3.51. The molecule has 0 fully saturated rings. The maximum Gasteiger partial charge on any atom is 0.214 e. The lowest BCUT2D eigenvalue weighted by atomic mass is 10.4. The average molecular weight is 204 g/mol. The number of aromatic nitrogens is 3. The summed E-state index contributed by atoms with van der Waals surface area (Å²) in [6.45, 7) is 3.85. The molecule has 0 bridgehead atoms. The van der Waals surface area contributed by atoms with Crippen LogP contribution in [0.4, 0.5) is 0 Å². The summed E-state index contributed by atoms with van der Waals surface area (Å²) in [5.41, 5.74) is 0.371. The lowest BCUT2D eigenvalue weighted by Crippen LogP contribution is -2.14. The molecule has 13 heavy (non-hydrogen) atoms. The fourth-order valence-corrected chi connectivity index (χ4v) is 1.38. The molecule has 0 saturated carbocycles. The number of rotatable bonds is 3. The second-order valence-corrected chi connectivity index (χ2v) is 4.71. The molecule has 0 aliphatic rings. The van der Waals surface area contributed by atoms with Gasteiger partial charge in [0.2, 0.25) is 10.0 Å². The Morgan fingerprint density at radius 1 is 1.62 bits per heavy atom. The number of primary sulfonamides is 1. The molecule has 0 spiro atoms. The van der Waals surface area contributed by atoms with E-state index in [9.17, 15) is 8.42 Å². The average Bonchev–Trinajstić information content (AvgIpc) is 2.31. The van der Waals surface area contributed by atoms with Crippen LogP contribution in [0.5, 0.6) is 0 Å². The normalized spacial score (nSPS) is 12.3. The van der Waals surface area contributed by atoms with Crippen LogP contribution in [-0.2, 0) is 15.8 Å². The van der Waals surface area contributed by atoms with Gasteiger partial charge < -0.3 is 0 Å². The van der Waals surface area contributed by atoms with E-state index in [0.717, 1.165) is 0 Å². The van der Waals surface area contributed by atoms with Gasteiger partial charge in [0, 0.05) is 12.2 Å². The van der Waals surface area contributed by atoms with Gasteiger partial charge in [0.1, 0.15) is 5.75 Å². The van der Waals surface area contributed by atoms with E-state index >= 15 is 0 Å². The lowest BCUT2D eigenvalue weighted by Gasteiger charge is -2.00. The Hall–Kier alpha value is -0.950. The summed E-state index contributed by atoms with van der Waals surface area (Å²) >= 11 is 0. The molecular weight excluding hydrogens is 192 g/mol. The quantitative estimate of drug-likeness (QED) is 0.728. The number of sulfonamides is 1. The highest BCUT2D eigenvalue weighted by molar-refractivity contribution is 7.88. The minimum atomic E-state index is -3.51. The Morgan fingerprint density at radius 3 is 2.62 bits per heavy atom. The molecule has 0 radical (unpaired) electrons. The van der Waals surface area contributed by atoms with Crippen LogP contribution in [-0.4, -0.2) is 23.4 Å². The number of nitrogens with two attached hydrogens (primary N) is 1. The molecule has 0 saturated heterocycles. The van der Waals surface area contributed by atoms with Crippen LogP contribution in [0.3, 0.4) is 0 Å². The fourth-order valence-electron chi connectivity index (χ4n) is 0.838. The molecule has 0 aromatic carbocycles. The Bertz CT molecular complexity index is 381. The van der Waals surface area contributed by atoms with Gasteiger partial charge in [-0.3, -0.25) is 0 Å². The van der Waals surface area contributed by atoms with Crippen LogP contribution >= 0.6 is 0 Å². The monoisotopic (exact) mass is 204 g/mol. The van der Waals surface area contributed by atoms with E-state index in [1.807, 2.05) is 13.8 Å². The largest absolute Gasteiger partial charge is 0.250 e. The van der Waals surface area contributed by atoms with Crippen LogP contribution in [0.1, 0.15) is 25.6 Å².